The van der Waals surface area contributed by atoms with Crippen LogP contribution in [0.25, 0.3) is 22.0 Å². The lowest BCUT2D eigenvalue weighted by atomic mass is 10.00. The Morgan fingerprint density at radius 2 is 1.48 bits per heavy atom. The summed E-state index contributed by atoms with van der Waals surface area (Å²) >= 11 is 0. The fourth-order valence-corrected chi connectivity index (χ4v) is 3.75. The Hall–Kier alpha value is -4.11. The number of nitrogens with zero attached hydrogens (tertiary/aromatic N) is 3. The van der Waals surface area contributed by atoms with Crippen LogP contribution in [0.15, 0.2) is 121 Å². The molecule has 0 saturated heterocycles. The molecular weight excluding hydrogens is 378 g/mol. The Bertz CT molecular complexity index is 1290. The van der Waals surface area contributed by atoms with E-state index in [1.165, 1.54) is 16.3 Å². The smallest absolute Gasteiger partial charge is 0.0907 e. The van der Waals surface area contributed by atoms with Gasteiger partial charge in [0.25, 0.3) is 0 Å². The molecule has 0 unspecified atom stereocenters. The molecule has 0 N–H and O–H groups in total. The van der Waals surface area contributed by atoms with Gasteiger partial charge in [0.15, 0.2) is 0 Å². The topological polar surface area (TPSA) is 38.1 Å². The second-order valence-corrected chi connectivity index (χ2v) is 7.31. The number of hydrogen-bond acceptors (Lipinski definition) is 3. The molecule has 0 fully saturated rings. The highest BCUT2D eigenvalue weighted by Gasteiger charge is 2.09. The van der Waals surface area contributed by atoms with E-state index in [0.29, 0.717) is 6.54 Å². The van der Waals surface area contributed by atoms with E-state index in [4.69, 9.17) is 4.99 Å². The normalized spacial score (nSPS) is 11.5. The zero-order chi connectivity index (χ0) is 20.9. The maximum absolute atomic E-state index is 5.03. The summed E-state index contributed by atoms with van der Waals surface area (Å²) in [5, 5.41) is 2.40. The summed E-state index contributed by atoms with van der Waals surface area (Å²) < 4.78 is 0. The van der Waals surface area contributed by atoms with Crippen molar-refractivity contribution in [1.29, 1.82) is 0 Å². The molecular formula is C28H21N3. The summed E-state index contributed by atoms with van der Waals surface area (Å²) in [7, 11) is 0. The third-order valence-electron chi connectivity index (χ3n) is 5.30. The van der Waals surface area contributed by atoms with Gasteiger partial charge in [-0.1, -0.05) is 72.8 Å². The van der Waals surface area contributed by atoms with Gasteiger partial charge in [-0.3, -0.25) is 15.0 Å². The minimum Gasteiger partial charge on any atom is -0.278 e. The molecule has 3 aromatic carbocycles. The Morgan fingerprint density at radius 1 is 0.677 bits per heavy atom. The van der Waals surface area contributed by atoms with E-state index in [-0.39, 0.29) is 0 Å². The largest absolute Gasteiger partial charge is 0.278 e. The molecule has 0 atom stereocenters. The molecule has 0 spiro atoms. The van der Waals surface area contributed by atoms with Crippen LogP contribution in [0.5, 0.6) is 0 Å². The molecule has 2 aromatic heterocycles. The number of pyridine rings is 2. The highest BCUT2D eigenvalue weighted by Crippen LogP contribution is 2.26. The first-order valence-corrected chi connectivity index (χ1v) is 10.3. The summed E-state index contributed by atoms with van der Waals surface area (Å²) in [5.41, 5.74) is 6.11. The van der Waals surface area contributed by atoms with Gasteiger partial charge >= 0.3 is 0 Å². The molecule has 148 valence electrons. The second kappa shape index (κ2) is 8.72. The van der Waals surface area contributed by atoms with E-state index in [2.05, 4.69) is 58.5 Å². The van der Waals surface area contributed by atoms with E-state index < -0.39 is 0 Å². The molecule has 5 aromatic rings. The van der Waals surface area contributed by atoms with Crippen LogP contribution in [0.1, 0.15) is 16.8 Å². The van der Waals surface area contributed by atoms with E-state index in [1.807, 2.05) is 67.0 Å². The van der Waals surface area contributed by atoms with E-state index >= 15 is 0 Å². The third-order valence-corrected chi connectivity index (χ3v) is 5.30. The van der Waals surface area contributed by atoms with Crippen molar-refractivity contribution < 1.29 is 0 Å². The van der Waals surface area contributed by atoms with Crippen molar-refractivity contribution in [2.75, 3.05) is 0 Å². The lowest BCUT2D eigenvalue weighted by Gasteiger charge is -2.10. The van der Waals surface area contributed by atoms with Crippen molar-refractivity contribution in [2.24, 2.45) is 4.99 Å². The van der Waals surface area contributed by atoms with Crippen molar-refractivity contribution in [2.45, 2.75) is 6.54 Å². The maximum atomic E-state index is 5.03. The van der Waals surface area contributed by atoms with E-state index in [1.54, 1.807) is 0 Å². The Labute approximate surface area is 181 Å². The summed E-state index contributed by atoms with van der Waals surface area (Å²) in [5.74, 6) is 0. The van der Waals surface area contributed by atoms with Crippen molar-refractivity contribution in [3.8, 4) is 11.3 Å². The summed E-state index contributed by atoms with van der Waals surface area (Å²) in [6, 6.07) is 35.0. The molecule has 3 nitrogen and oxygen atoms in total. The number of aliphatic imine (C=N–C) groups is 1. The van der Waals surface area contributed by atoms with Gasteiger partial charge in [-0.25, -0.2) is 0 Å². The van der Waals surface area contributed by atoms with Gasteiger partial charge in [0.2, 0.25) is 0 Å². The predicted molar refractivity (Wildman–Crippen MR) is 127 cm³/mol. The highest BCUT2D eigenvalue weighted by atomic mass is 14.8. The van der Waals surface area contributed by atoms with Crippen LogP contribution >= 0.6 is 0 Å². The molecule has 0 aliphatic heterocycles. The summed E-state index contributed by atoms with van der Waals surface area (Å²) in [6.07, 6.45) is 3.64. The standard InChI is InChI=1S/C28H21N3/c1-2-9-22(10-3-1)28(27-14-5-7-18-30-27)31-20-24-12-8-11-21-15-16-23(19-25(21)24)26-13-4-6-17-29-26/h1-19H,20H2. The summed E-state index contributed by atoms with van der Waals surface area (Å²) in [6.45, 7) is 0.573. The first-order valence-electron chi connectivity index (χ1n) is 10.3. The van der Waals surface area contributed by atoms with Crippen LogP contribution in [-0.4, -0.2) is 15.7 Å². The third kappa shape index (κ3) is 4.12. The number of aromatic nitrogens is 2. The second-order valence-electron chi connectivity index (χ2n) is 7.31. The highest BCUT2D eigenvalue weighted by molar-refractivity contribution is 6.11. The van der Waals surface area contributed by atoms with Crippen molar-refractivity contribution in [1.82, 2.24) is 9.97 Å². The number of hydrogen-bond donors (Lipinski definition) is 0. The van der Waals surface area contributed by atoms with Crippen LogP contribution in [0.4, 0.5) is 0 Å². The predicted octanol–water partition coefficient (Wildman–Crippen LogP) is 6.33. The van der Waals surface area contributed by atoms with Gasteiger partial charge in [0, 0.05) is 23.5 Å². The first kappa shape index (κ1) is 18.9. The van der Waals surface area contributed by atoms with Gasteiger partial charge in [-0.2, -0.15) is 0 Å². The molecule has 0 aliphatic carbocycles. The number of rotatable bonds is 5. The summed E-state index contributed by atoms with van der Waals surface area (Å²) in [4.78, 5) is 14.1. The van der Waals surface area contributed by atoms with E-state index in [0.717, 1.165) is 28.2 Å². The SMILES string of the molecule is c1ccc(C(=NCc2cccc3ccc(-c4ccccn4)cc23)c2ccccn2)cc1. The van der Waals surface area contributed by atoms with Crippen LogP contribution in [0, 0.1) is 0 Å². The molecule has 2 heterocycles. The molecule has 31 heavy (non-hydrogen) atoms. The lowest BCUT2D eigenvalue weighted by molar-refractivity contribution is 1.08. The monoisotopic (exact) mass is 399 g/mol. The first-order chi connectivity index (χ1) is 15.4. The van der Waals surface area contributed by atoms with Crippen LogP contribution in [0.2, 0.25) is 0 Å². The Kier molecular flexibility index (Phi) is 5.31. The van der Waals surface area contributed by atoms with Gasteiger partial charge < -0.3 is 0 Å². The molecule has 0 bridgehead atoms. The quantitative estimate of drug-likeness (QED) is 0.324. The fraction of sp³-hybridized carbons (Fsp3) is 0.0357. The molecule has 5 rings (SSSR count). The van der Waals surface area contributed by atoms with Gasteiger partial charge in [0.1, 0.15) is 0 Å². The van der Waals surface area contributed by atoms with Gasteiger partial charge in [-0.15, -0.1) is 0 Å². The van der Waals surface area contributed by atoms with Gasteiger partial charge in [-0.05, 0) is 46.7 Å². The molecule has 3 heteroatoms. The average molecular weight is 399 g/mol. The molecule has 0 amide bonds. The number of fused-ring (bicyclic) bond motifs is 1. The Balaban J connectivity index is 1.58. The lowest BCUT2D eigenvalue weighted by Crippen LogP contribution is -2.06. The molecule has 0 aliphatic rings. The molecule has 0 saturated carbocycles. The van der Waals surface area contributed by atoms with Crippen molar-refractivity contribution >= 4 is 16.5 Å². The maximum Gasteiger partial charge on any atom is 0.0907 e. The van der Waals surface area contributed by atoms with E-state index in [9.17, 15) is 0 Å². The zero-order valence-electron chi connectivity index (χ0n) is 17.0. The van der Waals surface area contributed by atoms with Crippen molar-refractivity contribution in [3.63, 3.8) is 0 Å². The van der Waals surface area contributed by atoms with Crippen LogP contribution in [0.3, 0.4) is 0 Å². The molecule has 0 radical (unpaired) electrons. The van der Waals surface area contributed by atoms with Crippen molar-refractivity contribution in [3.05, 3.63) is 132 Å². The average Bonchev–Trinajstić information content (AvgIpc) is 2.86. The minimum atomic E-state index is 0.573. The fourth-order valence-electron chi connectivity index (χ4n) is 3.75. The minimum absolute atomic E-state index is 0.573. The number of benzene rings is 3. The van der Waals surface area contributed by atoms with Gasteiger partial charge in [0.05, 0.1) is 23.6 Å². The zero-order valence-corrected chi connectivity index (χ0v) is 17.0. The van der Waals surface area contributed by atoms with Crippen LogP contribution in [-0.2, 0) is 6.54 Å². The Morgan fingerprint density at radius 3 is 2.26 bits per heavy atom. The van der Waals surface area contributed by atoms with Crippen LogP contribution < -0.4 is 0 Å².